The number of nitrogens with zero attached hydrogens (tertiary/aromatic N) is 3. The molecule has 2 heterocycles. The molecule has 0 aliphatic carbocycles. The van der Waals surface area contributed by atoms with Crippen LogP contribution in [0.5, 0.6) is 0 Å². The molecule has 10 nitrogen and oxygen atoms in total. The van der Waals surface area contributed by atoms with Crippen LogP contribution < -0.4 is 4.80 Å². The summed E-state index contributed by atoms with van der Waals surface area (Å²) in [4.78, 5) is 41.9. The number of esters is 2. The minimum Gasteiger partial charge on any atom is -0.465 e. The quantitative estimate of drug-likeness (QED) is 0.407. The topological polar surface area (TPSA) is 124 Å². The Morgan fingerprint density at radius 2 is 1.63 bits per heavy atom. The van der Waals surface area contributed by atoms with E-state index in [2.05, 4.69) is 4.99 Å². The number of sulfonamides is 1. The van der Waals surface area contributed by atoms with Crippen LogP contribution in [0.4, 0.5) is 0 Å². The zero-order chi connectivity index (χ0) is 27.3. The Labute approximate surface area is 224 Å². The third kappa shape index (κ3) is 6.03. The molecule has 1 saturated heterocycles. The lowest BCUT2D eigenvalue weighted by Gasteiger charge is -2.19. The Morgan fingerprint density at radius 3 is 2.26 bits per heavy atom. The summed E-state index contributed by atoms with van der Waals surface area (Å²) in [5, 5.41) is 0. The van der Waals surface area contributed by atoms with E-state index in [9.17, 15) is 22.8 Å². The second-order valence-corrected chi connectivity index (χ2v) is 11.7. The minimum atomic E-state index is -3.64. The molecule has 1 amide bonds. The van der Waals surface area contributed by atoms with Gasteiger partial charge in [-0.3, -0.25) is 9.59 Å². The number of carbonyl (C=O) groups excluding carboxylic acids is 3. The number of methoxy groups -OCH3 is 1. The van der Waals surface area contributed by atoms with Gasteiger partial charge in [0.25, 0.3) is 5.91 Å². The molecule has 0 unspecified atom stereocenters. The van der Waals surface area contributed by atoms with E-state index in [0.29, 0.717) is 28.9 Å². The average molecular weight is 560 g/mol. The lowest BCUT2D eigenvalue weighted by molar-refractivity contribution is -0.143. The van der Waals surface area contributed by atoms with Crippen LogP contribution in [-0.4, -0.2) is 61.9 Å². The summed E-state index contributed by atoms with van der Waals surface area (Å²) in [6.07, 6.45) is 3.69. The molecule has 0 saturated carbocycles. The van der Waals surface area contributed by atoms with Gasteiger partial charge in [0.15, 0.2) is 4.80 Å². The van der Waals surface area contributed by atoms with Crippen molar-refractivity contribution in [1.29, 1.82) is 0 Å². The van der Waals surface area contributed by atoms with E-state index < -0.39 is 27.9 Å². The van der Waals surface area contributed by atoms with Crippen molar-refractivity contribution in [1.82, 2.24) is 8.87 Å². The molecule has 0 bridgehead atoms. The maximum Gasteiger partial charge on any atom is 0.337 e. The maximum absolute atomic E-state index is 13.1. The van der Waals surface area contributed by atoms with Gasteiger partial charge in [-0.2, -0.15) is 9.30 Å². The molecule has 2 aromatic carbocycles. The number of fused-ring (bicyclic) bond motifs is 1. The number of ether oxygens (including phenoxy) is 2. The molecular formula is C26H29N3O7S2. The Balaban J connectivity index is 1.67. The molecule has 0 N–H and O–H groups in total. The van der Waals surface area contributed by atoms with E-state index in [-0.39, 0.29) is 28.4 Å². The van der Waals surface area contributed by atoms with Crippen LogP contribution in [0.25, 0.3) is 10.2 Å². The summed E-state index contributed by atoms with van der Waals surface area (Å²) in [5.74, 6) is -1.61. The predicted octanol–water partition coefficient (Wildman–Crippen LogP) is 3.36. The largest absolute Gasteiger partial charge is 0.465 e. The van der Waals surface area contributed by atoms with Gasteiger partial charge in [-0.15, -0.1) is 0 Å². The molecule has 0 spiro atoms. The monoisotopic (exact) mass is 559 g/mol. The molecule has 0 atom stereocenters. The van der Waals surface area contributed by atoms with Crippen LogP contribution in [0.1, 0.15) is 53.3 Å². The normalized spacial score (nSPS) is 15.3. The molecule has 1 fully saturated rings. The van der Waals surface area contributed by atoms with E-state index in [1.807, 2.05) is 0 Å². The molecule has 202 valence electrons. The Hall–Kier alpha value is -3.35. The number of thiazole rings is 1. The summed E-state index contributed by atoms with van der Waals surface area (Å²) >= 11 is 1.13. The molecular weight excluding hydrogens is 530 g/mol. The first kappa shape index (κ1) is 27.7. The molecule has 12 heteroatoms. The first-order valence-corrected chi connectivity index (χ1v) is 14.6. The highest BCUT2D eigenvalue weighted by molar-refractivity contribution is 7.89. The summed E-state index contributed by atoms with van der Waals surface area (Å²) in [6, 6.07) is 10.6. The van der Waals surface area contributed by atoms with Crippen molar-refractivity contribution in [3.63, 3.8) is 0 Å². The highest BCUT2D eigenvalue weighted by atomic mass is 32.2. The van der Waals surface area contributed by atoms with Crippen LogP contribution in [-0.2, 0) is 30.8 Å². The molecule has 0 radical (unpaired) electrons. The highest BCUT2D eigenvalue weighted by Gasteiger charge is 2.25. The SMILES string of the molecule is CCOC(=O)Cn1c(=NC(=O)c2ccc(S(=O)(=O)N3CCCCCC3)cc2)sc2cc(C(=O)OC)ccc21. The second kappa shape index (κ2) is 12.0. The van der Waals surface area contributed by atoms with E-state index in [0.717, 1.165) is 37.0 Å². The Bertz CT molecular complexity index is 1510. The van der Waals surface area contributed by atoms with Crippen LogP contribution in [0, 0.1) is 0 Å². The molecule has 38 heavy (non-hydrogen) atoms. The fourth-order valence-corrected chi connectivity index (χ4v) is 6.83. The van der Waals surface area contributed by atoms with E-state index in [4.69, 9.17) is 9.47 Å². The lowest BCUT2D eigenvalue weighted by Crippen LogP contribution is -2.31. The van der Waals surface area contributed by atoms with Crippen molar-refractivity contribution in [2.45, 2.75) is 44.0 Å². The van der Waals surface area contributed by atoms with Gasteiger partial charge in [-0.25, -0.2) is 13.2 Å². The van der Waals surface area contributed by atoms with Crippen LogP contribution in [0.3, 0.4) is 0 Å². The number of amides is 1. The van der Waals surface area contributed by atoms with Gasteiger partial charge in [0.05, 0.1) is 34.4 Å². The fourth-order valence-electron chi connectivity index (χ4n) is 4.24. The van der Waals surface area contributed by atoms with Crippen molar-refractivity contribution in [2.75, 3.05) is 26.8 Å². The summed E-state index contributed by atoms with van der Waals surface area (Å²) in [7, 11) is -2.36. The number of hydrogen-bond acceptors (Lipinski definition) is 8. The number of rotatable bonds is 7. The second-order valence-electron chi connectivity index (χ2n) is 8.71. The first-order chi connectivity index (χ1) is 18.2. The third-order valence-corrected chi connectivity index (χ3v) is 9.15. The van der Waals surface area contributed by atoms with Gasteiger partial charge in [0.1, 0.15) is 6.54 Å². The molecule has 3 aromatic rings. The third-order valence-electron chi connectivity index (χ3n) is 6.20. The van der Waals surface area contributed by atoms with Gasteiger partial charge < -0.3 is 14.0 Å². The minimum absolute atomic E-state index is 0.130. The summed E-state index contributed by atoms with van der Waals surface area (Å²) < 4.78 is 39.6. The van der Waals surface area contributed by atoms with Gasteiger partial charge >= 0.3 is 11.9 Å². The standard InChI is InChI=1S/C26H29N3O7S2/c1-3-36-23(30)17-29-21-13-10-19(25(32)35-2)16-22(21)37-26(29)27-24(31)18-8-11-20(12-9-18)38(33,34)28-14-6-4-5-7-15-28/h8-13,16H,3-7,14-15,17H2,1-2H3. The number of benzene rings is 2. The predicted molar refractivity (Wildman–Crippen MR) is 141 cm³/mol. The smallest absolute Gasteiger partial charge is 0.337 e. The number of aromatic nitrogens is 1. The van der Waals surface area contributed by atoms with Crippen molar-refractivity contribution in [3.05, 3.63) is 58.4 Å². The van der Waals surface area contributed by atoms with Crippen LogP contribution in [0.2, 0.25) is 0 Å². The van der Waals surface area contributed by atoms with Gasteiger partial charge in [-0.05, 0) is 62.2 Å². The van der Waals surface area contributed by atoms with E-state index >= 15 is 0 Å². The van der Waals surface area contributed by atoms with Gasteiger partial charge in [0, 0.05) is 18.7 Å². The van der Waals surface area contributed by atoms with Crippen molar-refractivity contribution < 1.29 is 32.3 Å². The highest BCUT2D eigenvalue weighted by Crippen LogP contribution is 2.22. The Kier molecular flexibility index (Phi) is 8.75. The molecule has 1 aromatic heterocycles. The van der Waals surface area contributed by atoms with Crippen LogP contribution >= 0.6 is 11.3 Å². The molecule has 4 rings (SSSR count). The zero-order valence-corrected chi connectivity index (χ0v) is 22.8. The number of hydrogen-bond donors (Lipinski definition) is 0. The zero-order valence-electron chi connectivity index (χ0n) is 21.2. The van der Waals surface area contributed by atoms with Gasteiger partial charge in [-0.1, -0.05) is 24.2 Å². The molecule has 1 aliphatic rings. The van der Waals surface area contributed by atoms with Crippen molar-refractivity contribution >= 4 is 49.4 Å². The summed E-state index contributed by atoms with van der Waals surface area (Å²) in [5.41, 5.74) is 1.12. The van der Waals surface area contributed by atoms with Gasteiger partial charge in [0.2, 0.25) is 10.0 Å². The maximum atomic E-state index is 13.1. The average Bonchev–Trinajstić information content (AvgIpc) is 3.07. The van der Waals surface area contributed by atoms with Crippen LogP contribution in [0.15, 0.2) is 52.4 Å². The fraction of sp³-hybridized carbons (Fsp3) is 0.385. The van der Waals surface area contributed by atoms with Crippen molar-refractivity contribution in [2.24, 2.45) is 4.99 Å². The van der Waals surface area contributed by atoms with E-state index in [1.165, 1.54) is 35.7 Å². The van der Waals surface area contributed by atoms with Crippen molar-refractivity contribution in [3.8, 4) is 0 Å². The Morgan fingerprint density at radius 1 is 0.974 bits per heavy atom. The molecule has 1 aliphatic heterocycles. The lowest BCUT2D eigenvalue weighted by atomic mass is 10.2. The summed E-state index contributed by atoms with van der Waals surface area (Å²) in [6.45, 7) is 2.70. The first-order valence-electron chi connectivity index (χ1n) is 12.3. The van der Waals surface area contributed by atoms with E-state index in [1.54, 1.807) is 29.7 Å². The number of carbonyl (C=O) groups is 3.